The third-order valence-electron chi connectivity index (χ3n) is 4.05. The van der Waals surface area contributed by atoms with Crippen molar-refractivity contribution in [3.05, 3.63) is 46.2 Å². The van der Waals surface area contributed by atoms with Crippen LogP contribution in [-0.4, -0.2) is 40.0 Å². The summed E-state index contributed by atoms with van der Waals surface area (Å²) in [6, 6.07) is 5.77. The van der Waals surface area contributed by atoms with Gasteiger partial charge in [0.1, 0.15) is 5.69 Å². The lowest BCUT2D eigenvalue weighted by Gasteiger charge is -2.24. The second-order valence-corrected chi connectivity index (χ2v) is 6.96. The van der Waals surface area contributed by atoms with Crippen LogP contribution >= 0.6 is 11.3 Å². The fourth-order valence-corrected chi connectivity index (χ4v) is 3.71. The molecule has 0 aliphatic carbocycles. The first-order chi connectivity index (χ1) is 11.8. The Morgan fingerprint density at radius 1 is 1.46 bits per heavy atom. The summed E-state index contributed by atoms with van der Waals surface area (Å²) < 4.78 is 5.72. The van der Waals surface area contributed by atoms with Gasteiger partial charge in [0, 0.05) is 24.7 Å². The van der Waals surface area contributed by atoms with Crippen molar-refractivity contribution in [3.63, 3.8) is 0 Å². The van der Waals surface area contributed by atoms with Crippen LogP contribution in [0.2, 0.25) is 0 Å². The molecule has 0 radical (unpaired) electrons. The van der Waals surface area contributed by atoms with E-state index in [0.717, 1.165) is 43.0 Å². The van der Waals surface area contributed by atoms with Gasteiger partial charge in [-0.1, -0.05) is 13.0 Å². The number of hydrogen-bond acceptors (Lipinski definition) is 5. The maximum atomic E-state index is 12.9. The topological polar surface area (TPSA) is 55.3 Å². The highest BCUT2D eigenvalue weighted by atomic mass is 32.1. The van der Waals surface area contributed by atoms with Crippen LogP contribution in [0, 0.1) is 0 Å². The highest BCUT2D eigenvalue weighted by molar-refractivity contribution is 7.09. The molecule has 0 bridgehead atoms. The predicted molar refractivity (Wildman–Crippen MR) is 94.1 cm³/mol. The molecule has 5 nitrogen and oxygen atoms in total. The Balaban J connectivity index is 1.75. The maximum Gasteiger partial charge on any atom is 0.273 e. The molecule has 0 unspecified atom stereocenters. The standard InChI is InChI=1S/C18H23N3O2S/c1-2-6-17-20-16(13-24-17)18(22)21(12-15-8-5-10-23-15)11-14-7-3-4-9-19-14/h3-4,7,9,13,15H,2,5-6,8,10-12H2,1H3/t15-/m1/s1. The van der Waals surface area contributed by atoms with Crippen molar-refractivity contribution in [2.24, 2.45) is 0 Å². The average molecular weight is 345 g/mol. The number of aromatic nitrogens is 2. The Kier molecular flexibility index (Phi) is 5.93. The van der Waals surface area contributed by atoms with Crippen LogP contribution < -0.4 is 0 Å². The zero-order valence-electron chi connectivity index (χ0n) is 14.0. The number of thiazole rings is 1. The van der Waals surface area contributed by atoms with Crippen LogP contribution in [0.1, 0.15) is 47.4 Å². The molecule has 24 heavy (non-hydrogen) atoms. The van der Waals surface area contributed by atoms with Gasteiger partial charge in [-0.25, -0.2) is 4.98 Å². The van der Waals surface area contributed by atoms with Gasteiger partial charge in [-0.2, -0.15) is 0 Å². The van der Waals surface area contributed by atoms with Gasteiger partial charge in [0.2, 0.25) is 0 Å². The van der Waals surface area contributed by atoms with Crippen molar-refractivity contribution in [3.8, 4) is 0 Å². The highest BCUT2D eigenvalue weighted by Crippen LogP contribution is 2.18. The summed E-state index contributed by atoms with van der Waals surface area (Å²) >= 11 is 1.56. The molecule has 0 spiro atoms. The molecule has 0 N–H and O–H groups in total. The normalized spacial score (nSPS) is 17.1. The summed E-state index contributed by atoms with van der Waals surface area (Å²) in [4.78, 5) is 23.6. The maximum absolute atomic E-state index is 12.9. The first kappa shape index (κ1) is 17.0. The Morgan fingerprint density at radius 3 is 3.08 bits per heavy atom. The van der Waals surface area contributed by atoms with Crippen LogP contribution in [0.15, 0.2) is 29.8 Å². The van der Waals surface area contributed by atoms with E-state index in [1.54, 1.807) is 17.5 Å². The minimum Gasteiger partial charge on any atom is -0.376 e. The van der Waals surface area contributed by atoms with Gasteiger partial charge in [-0.05, 0) is 37.8 Å². The van der Waals surface area contributed by atoms with Gasteiger partial charge >= 0.3 is 0 Å². The smallest absolute Gasteiger partial charge is 0.273 e. The lowest BCUT2D eigenvalue weighted by atomic mass is 10.2. The minimum absolute atomic E-state index is 0.0326. The summed E-state index contributed by atoms with van der Waals surface area (Å²) in [5, 5.41) is 2.89. The summed E-state index contributed by atoms with van der Waals surface area (Å²) in [5.74, 6) is -0.0326. The molecule has 0 aromatic carbocycles. The van der Waals surface area contributed by atoms with Crippen molar-refractivity contribution in [1.29, 1.82) is 0 Å². The van der Waals surface area contributed by atoms with E-state index in [4.69, 9.17) is 4.74 Å². The number of nitrogens with zero attached hydrogens (tertiary/aromatic N) is 3. The lowest BCUT2D eigenvalue weighted by molar-refractivity contribution is 0.0500. The van der Waals surface area contributed by atoms with Crippen molar-refractivity contribution in [2.45, 2.75) is 45.3 Å². The molecular weight excluding hydrogens is 322 g/mol. The van der Waals surface area contributed by atoms with E-state index in [2.05, 4.69) is 16.9 Å². The molecular formula is C18H23N3O2S. The Bertz CT molecular complexity index is 653. The number of amides is 1. The third kappa shape index (κ3) is 4.39. The monoisotopic (exact) mass is 345 g/mol. The molecule has 3 rings (SSSR count). The van der Waals surface area contributed by atoms with Gasteiger partial charge in [0.15, 0.2) is 0 Å². The van der Waals surface area contributed by atoms with Crippen LogP contribution in [0.5, 0.6) is 0 Å². The van der Waals surface area contributed by atoms with Gasteiger partial charge in [-0.15, -0.1) is 11.3 Å². The van der Waals surface area contributed by atoms with E-state index < -0.39 is 0 Å². The summed E-state index contributed by atoms with van der Waals surface area (Å²) in [5.41, 5.74) is 1.42. The molecule has 1 atom stereocenters. The van der Waals surface area contributed by atoms with E-state index in [1.807, 2.05) is 28.5 Å². The first-order valence-electron chi connectivity index (χ1n) is 8.51. The van der Waals surface area contributed by atoms with Crippen molar-refractivity contribution in [1.82, 2.24) is 14.9 Å². The molecule has 0 saturated carbocycles. The van der Waals surface area contributed by atoms with Crippen molar-refractivity contribution >= 4 is 17.2 Å². The van der Waals surface area contributed by atoms with Crippen LogP contribution in [0.25, 0.3) is 0 Å². The van der Waals surface area contributed by atoms with E-state index in [-0.39, 0.29) is 12.0 Å². The lowest BCUT2D eigenvalue weighted by Crippen LogP contribution is -2.37. The molecule has 1 fully saturated rings. The number of hydrogen-bond donors (Lipinski definition) is 0. The van der Waals surface area contributed by atoms with Gasteiger partial charge in [-0.3, -0.25) is 9.78 Å². The molecule has 1 aliphatic heterocycles. The minimum atomic E-state index is -0.0326. The second-order valence-electron chi connectivity index (χ2n) is 6.02. The highest BCUT2D eigenvalue weighted by Gasteiger charge is 2.25. The molecule has 2 aromatic rings. The zero-order valence-corrected chi connectivity index (χ0v) is 14.8. The molecule has 6 heteroatoms. The summed E-state index contributed by atoms with van der Waals surface area (Å²) in [6.45, 7) is 3.98. The van der Waals surface area contributed by atoms with E-state index in [1.165, 1.54) is 0 Å². The summed E-state index contributed by atoms with van der Waals surface area (Å²) in [6.07, 6.45) is 5.90. The number of pyridine rings is 1. The summed E-state index contributed by atoms with van der Waals surface area (Å²) in [7, 11) is 0. The fraction of sp³-hybridized carbons (Fsp3) is 0.500. The quantitative estimate of drug-likeness (QED) is 0.772. The molecule has 2 aromatic heterocycles. The number of aryl methyl sites for hydroxylation is 1. The van der Waals surface area contributed by atoms with E-state index >= 15 is 0 Å². The Labute approximate surface area is 146 Å². The van der Waals surface area contributed by atoms with Crippen molar-refractivity contribution in [2.75, 3.05) is 13.2 Å². The molecule has 3 heterocycles. The molecule has 1 saturated heterocycles. The van der Waals surface area contributed by atoms with Gasteiger partial charge in [0.05, 0.1) is 23.4 Å². The third-order valence-corrected chi connectivity index (χ3v) is 4.96. The number of carbonyl (C=O) groups excluding carboxylic acids is 1. The van der Waals surface area contributed by atoms with Gasteiger partial charge in [0.25, 0.3) is 5.91 Å². The first-order valence-corrected chi connectivity index (χ1v) is 9.39. The Hall–Kier alpha value is -1.79. The largest absolute Gasteiger partial charge is 0.376 e. The van der Waals surface area contributed by atoms with E-state index in [0.29, 0.717) is 18.8 Å². The predicted octanol–water partition coefficient (Wildman–Crippen LogP) is 3.31. The van der Waals surface area contributed by atoms with Crippen molar-refractivity contribution < 1.29 is 9.53 Å². The van der Waals surface area contributed by atoms with Crippen LogP contribution in [-0.2, 0) is 17.7 Å². The number of carbonyl (C=O) groups is 1. The van der Waals surface area contributed by atoms with E-state index in [9.17, 15) is 4.79 Å². The fourth-order valence-electron chi connectivity index (χ4n) is 2.84. The SMILES string of the molecule is CCCc1nc(C(=O)N(Cc2ccccn2)C[C@H]2CCCO2)cs1. The average Bonchev–Trinajstić information content (AvgIpc) is 3.27. The second kappa shape index (κ2) is 8.35. The van der Waals surface area contributed by atoms with Crippen LogP contribution in [0.3, 0.4) is 0 Å². The molecule has 128 valence electrons. The molecule has 1 amide bonds. The molecule has 1 aliphatic rings. The number of ether oxygens (including phenoxy) is 1. The van der Waals surface area contributed by atoms with Crippen LogP contribution in [0.4, 0.5) is 0 Å². The number of rotatable bonds is 7. The van der Waals surface area contributed by atoms with Gasteiger partial charge < -0.3 is 9.64 Å². The Morgan fingerprint density at radius 2 is 2.38 bits per heavy atom. The zero-order chi connectivity index (χ0) is 16.8.